The molecule has 2 heterocycles. The fraction of sp³-hybridized carbons (Fsp3) is 0.0667. The molecule has 0 radical (unpaired) electrons. The number of hydrogen-bond acceptors (Lipinski definition) is 4. The Bertz CT molecular complexity index is 828. The van der Waals surface area contributed by atoms with E-state index in [1.54, 1.807) is 35.6 Å². The van der Waals surface area contributed by atoms with Gasteiger partial charge in [-0.15, -0.1) is 11.3 Å². The summed E-state index contributed by atoms with van der Waals surface area (Å²) in [4.78, 5) is 20.1. The second-order valence-electron chi connectivity index (χ2n) is 4.48. The van der Waals surface area contributed by atoms with E-state index in [0.717, 1.165) is 4.88 Å². The van der Waals surface area contributed by atoms with E-state index in [-0.39, 0.29) is 17.0 Å². The highest BCUT2D eigenvalue weighted by molar-refractivity contribution is 7.09. The number of thiophene rings is 1. The lowest BCUT2D eigenvalue weighted by molar-refractivity contribution is 0.450. The molecule has 0 aliphatic carbocycles. The van der Waals surface area contributed by atoms with Gasteiger partial charge in [-0.1, -0.05) is 29.8 Å². The van der Waals surface area contributed by atoms with Gasteiger partial charge in [0.05, 0.1) is 0 Å². The fourth-order valence-corrected chi connectivity index (χ4v) is 2.97. The first kappa shape index (κ1) is 13.9. The van der Waals surface area contributed by atoms with Gasteiger partial charge in [-0.05, 0) is 29.1 Å². The second kappa shape index (κ2) is 5.71. The Labute approximate surface area is 129 Å². The molecule has 2 N–H and O–H groups in total. The third-order valence-electron chi connectivity index (χ3n) is 2.98. The van der Waals surface area contributed by atoms with E-state index >= 15 is 0 Å². The first-order valence-corrected chi connectivity index (χ1v) is 7.50. The van der Waals surface area contributed by atoms with Gasteiger partial charge in [0, 0.05) is 16.3 Å². The van der Waals surface area contributed by atoms with Crippen molar-refractivity contribution < 1.29 is 5.11 Å². The minimum atomic E-state index is -0.378. The summed E-state index contributed by atoms with van der Waals surface area (Å²) in [5.74, 6) is 0.151. The quantitative estimate of drug-likeness (QED) is 0.777. The summed E-state index contributed by atoms with van der Waals surface area (Å²) < 4.78 is 0. The van der Waals surface area contributed by atoms with Crippen molar-refractivity contribution in [2.45, 2.75) is 6.42 Å². The van der Waals surface area contributed by atoms with Crippen LogP contribution in [0.1, 0.15) is 10.7 Å². The lowest BCUT2D eigenvalue weighted by Gasteiger charge is -2.06. The minimum absolute atomic E-state index is 0.132. The van der Waals surface area contributed by atoms with Crippen molar-refractivity contribution in [3.8, 4) is 17.0 Å². The van der Waals surface area contributed by atoms with Crippen molar-refractivity contribution in [2.24, 2.45) is 0 Å². The number of aromatic nitrogens is 2. The first-order valence-electron chi connectivity index (χ1n) is 6.24. The van der Waals surface area contributed by atoms with Crippen molar-refractivity contribution in [3.63, 3.8) is 0 Å². The van der Waals surface area contributed by atoms with Crippen molar-refractivity contribution >= 4 is 22.9 Å². The zero-order valence-electron chi connectivity index (χ0n) is 10.8. The molecule has 0 spiro atoms. The van der Waals surface area contributed by atoms with Gasteiger partial charge < -0.3 is 10.1 Å². The Balaban J connectivity index is 2.02. The number of halogens is 1. The summed E-state index contributed by atoms with van der Waals surface area (Å²) >= 11 is 7.48. The smallest absolute Gasteiger partial charge is 0.262 e. The van der Waals surface area contributed by atoms with Crippen LogP contribution in [0.5, 0.6) is 5.88 Å². The van der Waals surface area contributed by atoms with E-state index in [2.05, 4.69) is 9.97 Å². The molecular weight excluding hydrogens is 308 g/mol. The molecule has 0 atom stereocenters. The Morgan fingerprint density at radius 2 is 2.14 bits per heavy atom. The topological polar surface area (TPSA) is 66.0 Å². The van der Waals surface area contributed by atoms with E-state index in [0.29, 0.717) is 22.8 Å². The molecule has 0 aliphatic heterocycles. The van der Waals surface area contributed by atoms with Crippen molar-refractivity contribution in [2.75, 3.05) is 0 Å². The van der Waals surface area contributed by atoms with Crippen LogP contribution in [0.2, 0.25) is 5.02 Å². The number of benzene rings is 1. The standard InChI is InChI=1S/C15H11ClN2O2S/c16-10-4-1-3-9(7-10)13-14(19)17-12(18-15(13)20)8-11-5-2-6-21-11/h1-7H,8H2,(H2,17,18,19,20). The average Bonchev–Trinajstić information content (AvgIpc) is 2.91. The summed E-state index contributed by atoms with van der Waals surface area (Å²) in [6.45, 7) is 0. The van der Waals surface area contributed by atoms with Crippen LogP contribution in [0.3, 0.4) is 0 Å². The van der Waals surface area contributed by atoms with Gasteiger partial charge in [-0.25, -0.2) is 0 Å². The molecule has 3 rings (SSSR count). The van der Waals surface area contributed by atoms with Crippen LogP contribution in [0.25, 0.3) is 11.1 Å². The molecule has 3 aromatic rings. The van der Waals surface area contributed by atoms with Gasteiger partial charge in [-0.3, -0.25) is 4.79 Å². The predicted molar refractivity (Wildman–Crippen MR) is 84.1 cm³/mol. The van der Waals surface area contributed by atoms with Gasteiger partial charge in [0.2, 0.25) is 5.88 Å². The maximum absolute atomic E-state index is 12.2. The molecule has 0 unspecified atom stereocenters. The molecule has 0 saturated heterocycles. The minimum Gasteiger partial charge on any atom is -0.493 e. The number of nitrogens with one attached hydrogen (secondary N) is 1. The van der Waals surface area contributed by atoms with E-state index in [1.165, 1.54) is 0 Å². The largest absolute Gasteiger partial charge is 0.493 e. The molecule has 0 amide bonds. The number of H-pyrrole nitrogens is 1. The molecule has 0 bridgehead atoms. The van der Waals surface area contributed by atoms with Gasteiger partial charge in [0.25, 0.3) is 5.56 Å². The van der Waals surface area contributed by atoms with Crippen LogP contribution in [-0.2, 0) is 6.42 Å². The molecule has 2 aromatic heterocycles. The maximum atomic E-state index is 12.2. The van der Waals surface area contributed by atoms with Gasteiger partial charge in [0.1, 0.15) is 11.4 Å². The van der Waals surface area contributed by atoms with Crippen LogP contribution < -0.4 is 5.56 Å². The summed E-state index contributed by atoms with van der Waals surface area (Å²) in [5, 5.41) is 12.5. The molecular formula is C15H11ClN2O2S. The van der Waals surface area contributed by atoms with Crippen LogP contribution in [0.15, 0.2) is 46.6 Å². The molecule has 0 saturated carbocycles. The zero-order valence-corrected chi connectivity index (χ0v) is 12.4. The van der Waals surface area contributed by atoms with Gasteiger partial charge in [0.15, 0.2) is 0 Å². The van der Waals surface area contributed by atoms with E-state index < -0.39 is 0 Å². The molecule has 1 aromatic carbocycles. The van der Waals surface area contributed by atoms with Crippen molar-refractivity contribution in [1.82, 2.24) is 9.97 Å². The Kier molecular flexibility index (Phi) is 3.77. The van der Waals surface area contributed by atoms with Crippen molar-refractivity contribution in [1.29, 1.82) is 0 Å². The third-order valence-corrected chi connectivity index (χ3v) is 4.10. The Morgan fingerprint density at radius 1 is 1.29 bits per heavy atom. The summed E-state index contributed by atoms with van der Waals surface area (Å²) in [5.41, 5.74) is 0.292. The van der Waals surface area contributed by atoms with E-state index in [1.807, 2.05) is 17.5 Å². The number of aromatic hydroxyl groups is 1. The normalized spacial score (nSPS) is 10.7. The van der Waals surface area contributed by atoms with Crippen LogP contribution in [0.4, 0.5) is 0 Å². The number of aromatic amines is 1. The molecule has 106 valence electrons. The van der Waals surface area contributed by atoms with Crippen molar-refractivity contribution in [3.05, 3.63) is 67.9 Å². The highest BCUT2D eigenvalue weighted by Gasteiger charge is 2.13. The lowest BCUT2D eigenvalue weighted by atomic mass is 10.1. The maximum Gasteiger partial charge on any atom is 0.262 e. The van der Waals surface area contributed by atoms with Crippen LogP contribution >= 0.6 is 22.9 Å². The summed E-state index contributed by atoms with van der Waals surface area (Å²) in [6, 6.07) is 10.6. The monoisotopic (exact) mass is 318 g/mol. The highest BCUT2D eigenvalue weighted by atomic mass is 35.5. The molecule has 21 heavy (non-hydrogen) atoms. The second-order valence-corrected chi connectivity index (χ2v) is 5.95. The van der Waals surface area contributed by atoms with Crippen LogP contribution in [0, 0.1) is 0 Å². The number of nitrogens with zero attached hydrogens (tertiary/aromatic N) is 1. The Morgan fingerprint density at radius 3 is 2.81 bits per heavy atom. The Hall–Kier alpha value is -2.11. The summed E-state index contributed by atoms with van der Waals surface area (Å²) in [6.07, 6.45) is 0.482. The number of hydrogen-bond donors (Lipinski definition) is 2. The fourth-order valence-electron chi connectivity index (χ4n) is 2.07. The summed E-state index contributed by atoms with van der Waals surface area (Å²) in [7, 11) is 0. The number of rotatable bonds is 3. The average molecular weight is 319 g/mol. The lowest BCUT2D eigenvalue weighted by Crippen LogP contribution is -2.14. The SMILES string of the molecule is O=c1[nH]c(Cc2cccs2)nc(O)c1-c1cccc(Cl)c1. The van der Waals surface area contributed by atoms with E-state index in [4.69, 9.17) is 11.6 Å². The van der Waals surface area contributed by atoms with Crippen LogP contribution in [-0.4, -0.2) is 15.1 Å². The predicted octanol–water partition coefficient (Wildman–Crippen LogP) is 3.45. The first-order chi connectivity index (χ1) is 10.1. The molecule has 0 fully saturated rings. The van der Waals surface area contributed by atoms with Gasteiger partial charge >= 0.3 is 0 Å². The van der Waals surface area contributed by atoms with E-state index in [9.17, 15) is 9.90 Å². The third kappa shape index (κ3) is 2.99. The molecule has 4 nitrogen and oxygen atoms in total. The van der Waals surface area contributed by atoms with Gasteiger partial charge in [-0.2, -0.15) is 4.98 Å². The highest BCUT2D eigenvalue weighted by Crippen LogP contribution is 2.26. The molecule has 0 aliphatic rings. The molecule has 6 heteroatoms. The zero-order chi connectivity index (χ0) is 14.8.